The molecule has 0 fully saturated rings. The van der Waals surface area contributed by atoms with Gasteiger partial charge in [-0.25, -0.2) is 13.8 Å². The Morgan fingerprint density at radius 3 is 2.62 bits per heavy atom. The number of halogens is 2. The molecule has 1 unspecified atom stereocenters. The minimum Gasteiger partial charge on any atom is -0.383 e. The molecule has 0 radical (unpaired) electrons. The number of benzene rings is 2. The number of nitrogens with zero attached hydrogens (tertiary/aromatic N) is 2. The highest BCUT2D eigenvalue weighted by molar-refractivity contribution is 5.75. The normalized spacial score (nSPS) is 12.5. The van der Waals surface area contributed by atoms with Crippen molar-refractivity contribution in [3.8, 4) is 0 Å². The summed E-state index contributed by atoms with van der Waals surface area (Å²) in [7, 11) is 0. The Morgan fingerprint density at radius 1 is 1.14 bits per heavy atom. The van der Waals surface area contributed by atoms with Gasteiger partial charge < -0.3 is 9.88 Å². The van der Waals surface area contributed by atoms with E-state index in [9.17, 15) is 8.78 Å². The van der Waals surface area contributed by atoms with E-state index in [1.165, 1.54) is 6.07 Å². The van der Waals surface area contributed by atoms with E-state index < -0.39 is 11.6 Å². The molecule has 3 rings (SSSR count). The van der Waals surface area contributed by atoms with Crippen LogP contribution in [0.5, 0.6) is 0 Å². The fraction of sp³-hybridized carbons (Fsp3) is 0.188. The van der Waals surface area contributed by atoms with Crippen molar-refractivity contribution in [2.24, 2.45) is 0 Å². The first-order valence-electron chi connectivity index (χ1n) is 6.75. The summed E-state index contributed by atoms with van der Waals surface area (Å²) in [6, 6.07) is 12.2. The zero-order chi connectivity index (χ0) is 14.8. The molecule has 1 aromatic heterocycles. The predicted octanol–water partition coefficient (Wildman–Crippen LogP) is 3.99. The lowest BCUT2D eigenvalue weighted by Crippen LogP contribution is -2.15. The lowest BCUT2D eigenvalue weighted by Gasteiger charge is -2.16. The van der Waals surface area contributed by atoms with Gasteiger partial charge in [0.05, 0.1) is 17.4 Å². The van der Waals surface area contributed by atoms with Crippen LogP contribution < -0.4 is 5.32 Å². The summed E-state index contributed by atoms with van der Waals surface area (Å²) in [6.45, 7) is 2.66. The molecule has 0 spiro atoms. The van der Waals surface area contributed by atoms with Crippen molar-refractivity contribution in [1.82, 2.24) is 9.55 Å². The van der Waals surface area contributed by atoms with Gasteiger partial charge in [-0.05, 0) is 19.1 Å². The zero-order valence-corrected chi connectivity index (χ0v) is 11.6. The Morgan fingerprint density at radius 2 is 1.86 bits per heavy atom. The number of rotatable bonds is 4. The van der Waals surface area contributed by atoms with E-state index >= 15 is 0 Å². The van der Waals surface area contributed by atoms with Gasteiger partial charge in [0, 0.05) is 30.4 Å². The fourth-order valence-corrected chi connectivity index (χ4v) is 2.29. The second-order valence-electron chi connectivity index (χ2n) is 5.00. The molecule has 0 amide bonds. The molecule has 3 nitrogen and oxygen atoms in total. The highest BCUT2D eigenvalue weighted by Crippen LogP contribution is 2.21. The van der Waals surface area contributed by atoms with Crippen molar-refractivity contribution >= 4 is 16.7 Å². The number of aromatic nitrogens is 2. The number of anilines is 1. The first-order chi connectivity index (χ1) is 10.1. The van der Waals surface area contributed by atoms with Gasteiger partial charge >= 0.3 is 0 Å². The summed E-state index contributed by atoms with van der Waals surface area (Å²) in [5, 5.41) is 3.31. The molecule has 3 aromatic rings. The molecule has 1 heterocycles. The van der Waals surface area contributed by atoms with Gasteiger partial charge in [0.2, 0.25) is 0 Å². The molecule has 21 heavy (non-hydrogen) atoms. The van der Waals surface area contributed by atoms with Crippen LogP contribution in [0.2, 0.25) is 0 Å². The van der Waals surface area contributed by atoms with Gasteiger partial charge in [0.25, 0.3) is 0 Å². The Labute approximate surface area is 121 Å². The van der Waals surface area contributed by atoms with E-state index in [2.05, 4.69) is 10.3 Å². The van der Waals surface area contributed by atoms with E-state index in [0.29, 0.717) is 17.6 Å². The maximum Gasteiger partial charge on any atom is 0.161 e. The van der Waals surface area contributed by atoms with Crippen molar-refractivity contribution in [3.05, 3.63) is 60.4 Å². The van der Waals surface area contributed by atoms with Crippen molar-refractivity contribution in [2.45, 2.75) is 13.0 Å². The summed E-state index contributed by atoms with van der Waals surface area (Å²) in [5.74, 6) is -1.73. The van der Waals surface area contributed by atoms with Crippen LogP contribution in [0.15, 0.2) is 48.8 Å². The maximum absolute atomic E-state index is 13.4. The average Bonchev–Trinajstić information content (AvgIpc) is 2.89. The second kappa shape index (κ2) is 5.52. The minimum absolute atomic E-state index is 0.0556. The molecule has 108 valence electrons. The summed E-state index contributed by atoms with van der Waals surface area (Å²) in [4.78, 5) is 4.13. The fourth-order valence-electron chi connectivity index (χ4n) is 2.29. The van der Waals surface area contributed by atoms with Gasteiger partial charge in [-0.2, -0.15) is 0 Å². The molecular formula is C16H15F2N3. The van der Waals surface area contributed by atoms with Crippen molar-refractivity contribution in [1.29, 1.82) is 0 Å². The third kappa shape index (κ3) is 2.72. The minimum atomic E-state index is -0.872. The van der Waals surface area contributed by atoms with E-state index in [4.69, 9.17) is 0 Å². The Bertz CT molecular complexity index is 753. The largest absolute Gasteiger partial charge is 0.383 e. The number of para-hydroxylation sites is 1. The van der Waals surface area contributed by atoms with Crippen molar-refractivity contribution in [2.75, 3.05) is 11.9 Å². The number of nitrogens with one attached hydrogen (secondary N) is 1. The highest BCUT2D eigenvalue weighted by Gasteiger charge is 2.12. The summed E-state index contributed by atoms with van der Waals surface area (Å²) in [6.07, 6.45) is 1.61. The topological polar surface area (TPSA) is 29.9 Å². The Hall–Kier alpha value is -2.43. The third-order valence-electron chi connectivity index (χ3n) is 3.47. The summed E-state index contributed by atoms with van der Waals surface area (Å²) in [5.41, 5.74) is 2.07. The molecule has 2 aromatic carbocycles. The molecule has 0 aliphatic rings. The van der Waals surface area contributed by atoms with Crippen LogP contribution in [0.3, 0.4) is 0 Å². The Kier molecular flexibility index (Phi) is 3.56. The zero-order valence-electron chi connectivity index (χ0n) is 11.6. The molecule has 0 saturated carbocycles. The number of hydrogen-bond donors (Lipinski definition) is 1. The lowest BCUT2D eigenvalue weighted by molar-refractivity contribution is 0.509. The smallest absolute Gasteiger partial charge is 0.161 e. The molecule has 0 saturated heterocycles. The Balaban J connectivity index is 1.81. The number of imidazole rings is 1. The van der Waals surface area contributed by atoms with E-state index in [1.54, 1.807) is 6.33 Å². The molecular weight excluding hydrogens is 272 g/mol. The van der Waals surface area contributed by atoms with Gasteiger partial charge in [0.15, 0.2) is 11.6 Å². The van der Waals surface area contributed by atoms with Gasteiger partial charge in [-0.3, -0.25) is 0 Å². The first-order valence-corrected chi connectivity index (χ1v) is 6.75. The first kappa shape index (κ1) is 13.5. The summed E-state index contributed by atoms with van der Waals surface area (Å²) >= 11 is 0. The van der Waals surface area contributed by atoms with Crippen LogP contribution in [-0.2, 0) is 0 Å². The van der Waals surface area contributed by atoms with Crippen molar-refractivity contribution < 1.29 is 8.78 Å². The van der Waals surface area contributed by atoms with E-state index in [0.717, 1.165) is 11.8 Å². The van der Waals surface area contributed by atoms with Crippen LogP contribution in [0, 0.1) is 11.6 Å². The third-order valence-corrected chi connectivity index (χ3v) is 3.47. The number of fused-ring (bicyclic) bond motifs is 1. The molecule has 1 atom stereocenters. The van der Waals surface area contributed by atoms with Gasteiger partial charge in [-0.1, -0.05) is 18.2 Å². The van der Waals surface area contributed by atoms with Crippen LogP contribution in [0.1, 0.15) is 13.0 Å². The SMILES string of the molecule is CC(CNc1ccccc1)n1cnc2cc(F)c(F)cc21. The standard InChI is InChI=1S/C16H15F2N3/c1-11(9-19-12-5-3-2-4-6-12)21-10-20-15-7-13(17)14(18)8-16(15)21/h2-8,10-11,19H,9H2,1H3. The molecule has 0 bridgehead atoms. The van der Waals surface area contributed by atoms with E-state index in [1.807, 2.05) is 41.8 Å². The second-order valence-corrected chi connectivity index (χ2v) is 5.00. The van der Waals surface area contributed by atoms with Gasteiger partial charge in [0.1, 0.15) is 0 Å². The molecule has 0 aliphatic carbocycles. The lowest BCUT2D eigenvalue weighted by atomic mass is 10.2. The van der Waals surface area contributed by atoms with Crippen LogP contribution in [0.4, 0.5) is 14.5 Å². The quantitative estimate of drug-likeness (QED) is 0.786. The van der Waals surface area contributed by atoms with Crippen molar-refractivity contribution in [3.63, 3.8) is 0 Å². The highest BCUT2D eigenvalue weighted by atomic mass is 19.2. The maximum atomic E-state index is 13.4. The number of hydrogen-bond acceptors (Lipinski definition) is 2. The monoisotopic (exact) mass is 287 g/mol. The van der Waals surface area contributed by atoms with Gasteiger partial charge in [-0.15, -0.1) is 0 Å². The molecule has 1 N–H and O–H groups in total. The predicted molar refractivity (Wildman–Crippen MR) is 79.3 cm³/mol. The molecule has 0 aliphatic heterocycles. The van der Waals surface area contributed by atoms with Crippen LogP contribution >= 0.6 is 0 Å². The molecule has 5 heteroatoms. The van der Waals surface area contributed by atoms with Crippen LogP contribution in [-0.4, -0.2) is 16.1 Å². The van der Waals surface area contributed by atoms with Crippen LogP contribution in [0.25, 0.3) is 11.0 Å². The van der Waals surface area contributed by atoms with E-state index in [-0.39, 0.29) is 6.04 Å². The summed E-state index contributed by atoms with van der Waals surface area (Å²) < 4.78 is 28.4. The average molecular weight is 287 g/mol.